The van der Waals surface area contributed by atoms with Crippen LogP contribution >= 0.6 is 0 Å². The van der Waals surface area contributed by atoms with Crippen LogP contribution in [0.3, 0.4) is 0 Å². The second-order valence-electron chi connectivity index (χ2n) is 3.51. The molecule has 18 heavy (non-hydrogen) atoms. The van der Waals surface area contributed by atoms with Crippen molar-refractivity contribution >= 4 is 11.9 Å². The number of carboxylic acid groups (broad SMARTS) is 2. The molecule has 0 aromatic heterocycles. The highest BCUT2D eigenvalue weighted by Gasteiger charge is 2.23. The zero-order valence-corrected chi connectivity index (χ0v) is 10.6. The third-order valence-corrected chi connectivity index (χ3v) is 2.06. The largest absolute Gasteiger partial charge is 0.481 e. The molecule has 7 heteroatoms. The van der Waals surface area contributed by atoms with Crippen molar-refractivity contribution in [2.45, 2.75) is 26.6 Å². The van der Waals surface area contributed by atoms with Gasteiger partial charge in [0.2, 0.25) is 0 Å². The van der Waals surface area contributed by atoms with Gasteiger partial charge in [0.15, 0.2) is 6.29 Å². The zero-order valence-electron chi connectivity index (χ0n) is 10.6. The number of carbonyl (C=O) groups is 2. The maximum Gasteiger partial charge on any atom is 0.309 e. The Hall–Kier alpha value is -1.18. The summed E-state index contributed by atoms with van der Waals surface area (Å²) >= 11 is 0. The van der Waals surface area contributed by atoms with Gasteiger partial charge in [0.05, 0.1) is 25.6 Å². The first kappa shape index (κ1) is 16.8. The van der Waals surface area contributed by atoms with E-state index >= 15 is 0 Å². The predicted octanol–water partition coefficient (Wildman–Crippen LogP) is 0.578. The molecule has 0 saturated heterocycles. The molecule has 0 aromatic rings. The zero-order chi connectivity index (χ0) is 14.0. The summed E-state index contributed by atoms with van der Waals surface area (Å²) in [7, 11) is 0. The Morgan fingerprint density at radius 3 is 2.17 bits per heavy atom. The number of ether oxygens (including phenoxy) is 3. The fraction of sp³-hybridized carbons (Fsp3) is 0.818. The van der Waals surface area contributed by atoms with Gasteiger partial charge < -0.3 is 24.4 Å². The van der Waals surface area contributed by atoms with E-state index in [1.54, 1.807) is 6.92 Å². The Balaban J connectivity index is 4.17. The van der Waals surface area contributed by atoms with Crippen LogP contribution in [-0.2, 0) is 23.8 Å². The highest BCUT2D eigenvalue weighted by molar-refractivity contribution is 5.77. The van der Waals surface area contributed by atoms with E-state index in [2.05, 4.69) is 0 Å². The molecule has 2 N–H and O–H groups in total. The van der Waals surface area contributed by atoms with Crippen LogP contribution in [0.2, 0.25) is 0 Å². The predicted molar refractivity (Wildman–Crippen MR) is 61.2 cm³/mol. The Morgan fingerprint density at radius 2 is 1.72 bits per heavy atom. The quantitative estimate of drug-likeness (QED) is 0.526. The van der Waals surface area contributed by atoms with Gasteiger partial charge in [-0.2, -0.15) is 0 Å². The summed E-state index contributed by atoms with van der Waals surface area (Å²) in [4.78, 5) is 21.3. The molecule has 0 amide bonds. The average molecular weight is 264 g/mol. The second kappa shape index (κ2) is 9.81. The van der Waals surface area contributed by atoms with Crippen LogP contribution < -0.4 is 0 Å². The molecule has 0 aliphatic rings. The van der Waals surface area contributed by atoms with E-state index in [0.717, 1.165) is 0 Å². The van der Waals surface area contributed by atoms with Gasteiger partial charge >= 0.3 is 11.9 Å². The molecular formula is C11H20O7. The lowest BCUT2D eigenvalue weighted by Crippen LogP contribution is -2.30. The fourth-order valence-electron chi connectivity index (χ4n) is 1.20. The normalized spacial score (nSPS) is 14.1. The van der Waals surface area contributed by atoms with Crippen LogP contribution in [0.15, 0.2) is 0 Å². The minimum atomic E-state index is -1.20. The lowest BCUT2D eigenvalue weighted by Gasteiger charge is -2.19. The number of hydrogen-bond donors (Lipinski definition) is 2. The molecule has 0 bridgehead atoms. The molecule has 0 heterocycles. The fourth-order valence-corrected chi connectivity index (χ4v) is 1.20. The lowest BCUT2D eigenvalue weighted by molar-refractivity contribution is -0.182. The summed E-state index contributed by atoms with van der Waals surface area (Å²) in [6, 6.07) is 0. The van der Waals surface area contributed by atoms with E-state index in [1.807, 2.05) is 6.92 Å². The highest BCUT2D eigenvalue weighted by Crippen LogP contribution is 2.07. The first-order chi connectivity index (χ1) is 8.51. The number of rotatable bonds is 11. The van der Waals surface area contributed by atoms with Crippen molar-refractivity contribution in [2.75, 3.05) is 26.4 Å². The minimum absolute atomic E-state index is 0.184. The van der Waals surface area contributed by atoms with Crippen molar-refractivity contribution in [3.63, 3.8) is 0 Å². The van der Waals surface area contributed by atoms with Crippen molar-refractivity contribution in [1.29, 1.82) is 0 Å². The topological polar surface area (TPSA) is 102 Å². The third-order valence-electron chi connectivity index (χ3n) is 2.06. The number of carboxylic acids is 2. The molecule has 0 rings (SSSR count). The summed E-state index contributed by atoms with van der Waals surface area (Å²) in [5.74, 6) is -3.47. The van der Waals surface area contributed by atoms with Crippen LogP contribution in [0.25, 0.3) is 0 Å². The van der Waals surface area contributed by atoms with Crippen LogP contribution in [0.1, 0.15) is 20.3 Å². The second-order valence-corrected chi connectivity index (χ2v) is 3.51. The van der Waals surface area contributed by atoms with E-state index in [1.165, 1.54) is 0 Å². The molecule has 106 valence electrons. The Labute approximate surface area is 106 Å². The maximum atomic E-state index is 10.8. The van der Waals surface area contributed by atoms with Crippen molar-refractivity contribution < 1.29 is 34.0 Å². The summed E-state index contributed by atoms with van der Waals surface area (Å²) in [5, 5.41) is 17.4. The Bertz CT molecular complexity index is 254. The van der Waals surface area contributed by atoms with Gasteiger partial charge in [-0.05, 0) is 13.8 Å². The van der Waals surface area contributed by atoms with Gasteiger partial charge in [0, 0.05) is 13.2 Å². The molecule has 2 atom stereocenters. The smallest absolute Gasteiger partial charge is 0.309 e. The average Bonchev–Trinajstić information content (AvgIpc) is 2.30. The first-order valence-electron chi connectivity index (χ1n) is 5.76. The summed E-state index contributed by atoms with van der Waals surface area (Å²) in [5.41, 5.74) is 0. The Morgan fingerprint density at radius 1 is 1.06 bits per heavy atom. The SMILES string of the molecule is CCOCC(OCC)OCC(CC(=O)O)C(=O)O. The Kier molecular flexibility index (Phi) is 9.17. The molecule has 0 aliphatic heterocycles. The summed E-state index contributed by atoms with van der Waals surface area (Å²) in [6.07, 6.45) is -1.16. The number of hydrogen-bond acceptors (Lipinski definition) is 5. The third kappa shape index (κ3) is 7.99. The minimum Gasteiger partial charge on any atom is -0.481 e. The molecule has 0 radical (unpaired) electrons. The van der Waals surface area contributed by atoms with Gasteiger partial charge in [-0.15, -0.1) is 0 Å². The van der Waals surface area contributed by atoms with Crippen molar-refractivity contribution in [3.05, 3.63) is 0 Å². The lowest BCUT2D eigenvalue weighted by atomic mass is 10.1. The van der Waals surface area contributed by atoms with Crippen LogP contribution in [-0.4, -0.2) is 54.9 Å². The van der Waals surface area contributed by atoms with E-state index in [-0.39, 0.29) is 13.2 Å². The van der Waals surface area contributed by atoms with Crippen molar-refractivity contribution in [3.8, 4) is 0 Å². The molecule has 2 unspecified atom stereocenters. The van der Waals surface area contributed by atoms with E-state index < -0.39 is 30.6 Å². The molecule has 0 spiro atoms. The van der Waals surface area contributed by atoms with E-state index in [4.69, 9.17) is 24.4 Å². The molecule has 0 saturated carbocycles. The molecule has 0 fully saturated rings. The van der Waals surface area contributed by atoms with Crippen molar-refractivity contribution in [2.24, 2.45) is 5.92 Å². The number of aliphatic carboxylic acids is 2. The standard InChI is InChI=1S/C11H20O7/c1-3-16-7-10(17-4-2)18-6-8(11(14)15)5-9(12)13/h8,10H,3-7H2,1-2H3,(H,12,13)(H,14,15). The maximum absolute atomic E-state index is 10.8. The molecule has 0 aliphatic carbocycles. The van der Waals surface area contributed by atoms with Crippen LogP contribution in [0.4, 0.5) is 0 Å². The van der Waals surface area contributed by atoms with Gasteiger partial charge in [-0.3, -0.25) is 9.59 Å². The monoisotopic (exact) mass is 264 g/mol. The van der Waals surface area contributed by atoms with Gasteiger partial charge in [0.1, 0.15) is 0 Å². The van der Waals surface area contributed by atoms with Gasteiger partial charge in [-0.25, -0.2) is 0 Å². The molecule has 0 aromatic carbocycles. The molecular weight excluding hydrogens is 244 g/mol. The first-order valence-corrected chi connectivity index (χ1v) is 5.76. The summed E-state index contributed by atoms with van der Waals surface area (Å²) in [6.45, 7) is 4.43. The van der Waals surface area contributed by atoms with Crippen LogP contribution in [0.5, 0.6) is 0 Å². The van der Waals surface area contributed by atoms with Gasteiger partial charge in [0.25, 0.3) is 0 Å². The van der Waals surface area contributed by atoms with Gasteiger partial charge in [-0.1, -0.05) is 0 Å². The van der Waals surface area contributed by atoms with Crippen molar-refractivity contribution in [1.82, 2.24) is 0 Å². The van der Waals surface area contributed by atoms with Crippen LogP contribution in [0, 0.1) is 5.92 Å². The van der Waals surface area contributed by atoms with E-state index in [9.17, 15) is 9.59 Å². The highest BCUT2D eigenvalue weighted by atomic mass is 16.7. The summed E-state index contributed by atoms with van der Waals surface area (Å²) < 4.78 is 15.5. The van der Waals surface area contributed by atoms with E-state index in [0.29, 0.717) is 13.2 Å². The molecule has 7 nitrogen and oxygen atoms in total.